The molecule has 0 bridgehead atoms. The molecule has 66 valence electrons. The van der Waals surface area contributed by atoms with Crippen molar-refractivity contribution in [2.75, 3.05) is 13.2 Å². The number of esters is 2. The molecule has 0 aliphatic carbocycles. The van der Waals surface area contributed by atoms with Crippen LogP contribution in [0.3, 0.4) is 0 Å². The largest absolute Gasteiger partial charge is 0.444 e. The van der Waals surface area contributed by atoms with Crippen molar-refractivity contribution in [1.82, 2.24) is 0 Å². The highest BCUT2D eigenvalue weighted by atomic mass is 16.8. The van der Waals surface area contributed by atoms with Gasteiger partial charge in [0, 0.05) is 0 Å². The number of hydrogen-bond donors (Lipinski definition) is 1. The van der Waals surface area contributed by atoms with E-state index in [1.54, 1.807) is 0 Å². The topological polar surface area (TPSA) is 87.9 Å². The average Bonchev–Trinajstić information content (AvgIpc) is 2.05. The fourth-order valence-electron chi connectivity index (χ4n) is 1.16. The number of fused-ring (bicyclic) bond motifs is 1. The van der Waals surface area contributed by atoms with Gasteiger partial charge in [-0.05, 0) is 0 Å². The van der Waals surface area contributed by atoms with E-state index >= 15 is 0 Å². The predicted octanol–water partition coefficient (Wildman–Crippen LogP) is -1.86. The van der Waals surface area contributed by atoms with Crippen LogP contribution in [0.4, 0.5) is 0 Å². The van der Waals surface area contributed by atoms with Gasteiger partial charge in [-0.3, -0.25) is 0 Å². The molecule has 0 radical (unpaired) electrons. The SMILES string of the molecule is NCC12OCC1OC(=O)C(=O)O2. The third kappa shape index (κ3) is 0.759. The molecular formula is C6H7NO5. The van der Waals surface area contributed by atoms with E-state index in [-0.39, 0.29) is 13.2 Å². The zero-order valence-electron chi connectivity index (χ0n) is 6.11. The number of hydrogen-bond acceptors (Lipinski definition) is 6. The molecule has 2 rings (SSSR count). The Bertz CT molecular complexity index is 248. The number of carbonyl (C=O) groups excluding carboxylic acids is 2. The molecule has 2 aliphatic rings. The van der Waals surface area contributed by atoms with E-state index in [0.29, 0.717) is 0 Å². The van der Waals surface area contributed by atoms with Gasteiger partial charge in [0.05, 0.1) is 13.2 Å². The Morgan fingerprint density at radius 1 is 1.50 bits per heavy atom. The van der Waals surface area contributed by atoms with Crippen LogP contribution < -0.4 is 5.73 Å². The molecule has 2 fully saturated rings. The maximum absolute atomic E-state index is 10.7. The van der Waals surface area contributed by atoms with Gasteiger partial charge in [0.15, 0.2) is 6.10 Å². The molecule has 2 N–H and O–H groups in total. The van der Waals surface area contributed by atoms with Crippen LogP contribution in [0.25, 0.3) is 0 Å². The first-order chi connectivity index (χ1) is 5.68. The summed E-state index contributed by atoms with van der Waals surface area (Å²) in [5.41, 5.74) is 5.29. The quantitative estimate of drug-likeness (QED) is 0.369. The van der Waals surface area contributed by atoms with Crippen molar-refractivity contribution in [1.29, 1.82) is 0 Å². The van der Waals surface area contributed by atoms with Crippen LogP contribution in [-0.2, 0) is 23.8 Å². The maximum atomic E-state index is 10.7. The van der Waals surface area contributed by atoms with E-state index in [4.69, 9.17) is 10.5 Å². The minimum atomic E-state index is -1.20. The molecule has 0 amide bonds. The molecule has 0 aromatic rings. The van der Waals surface area contributed by atoms with Crippen molar-refractivity contribution in [2.24, 2.45) is 5.73 Å². The van der Waals surface area contributed by atoms with Crippen molar-refractivity contribution < 1.29 is 23.8 Å². The predicted molar refractivity (Wildman–Crippen MR) is 33.7 cm³/mol. The Morgan fingerprint density at radius 2 is 2.25 bits per heavy atom. The lowest BCUT2D eigenvalue weighted by Gasteiger charge is -2.47. The van der Waals surface area contributed by atoms with E-state index in [0.717, 1.165) is 0 Å². The molecule has 2 unspecified atom stereocenters. The van der Waals surface area contributed by atoms with E-state index in [9.17, 15) is 9.59 Å². The van der Waals surface area contributed by atoms with Crippen LogP contribution in [0.2, 0.25) is 0 Å². The molecule has 0 aromatic carbocycles. The maximum Gasteiger partial charge on any atom is 0.420 e. The minimum absolute atomic E-state index is 0.00329. The van der Waals surface area contributed by atoms with Crippen LogP contribution in [0.15, 0.2) is 0 Å². The zero-order chi connectivity index (χ0) is 8.77. The average molecular weight is 173 g/mol. The fourth-order valence-corrected chi connectivity index (χ4v) is 1.16. The highest BCUT2D eigenvalue weighted by molar-refractivity contribution is 6.30. The van der Waals surface area contributed by atoms with Crippen LogP contribution >= 0.6 is 0 Å². The summed E-state index contributed by atoms with van der Waals surface area (Å²) >= 11 is 0. The summed E-state index contributed by atoms with van der Waals surface area (Å²) in [6, 6.07) is 0. The first kappa shape index (κ1) is 7.51. The van der Waals surface area contributed by atoms with Gasteiger partial charge in [-0.25, -0.2) is 9.59 Å². The molecule has 6 heteroatoms. The number of carbonyl (C=O) groups is 2. The van der Waals surface area contributed by atoms with E-state index in [2.05, 4.69) is 9.47 Å². The lowest BCUT2D eigenvalue weighted by Crippen LogP contribution is -2.69. The summed E-state index contributed by atoms with van der Waals surface area (Å²) in [6.45, 7) is 0.229. The highest BCUT2D eigenvalue weighted by Crippen LogP contribution is 2.33. The van der Waals surface area contributed by atoms with Gasteiger partial charge < -0.3 is 19.9 Å². The summed E-state index contributed by atoms with van der Waals surface area (Å²) < 4.78 is 14.3. The Balaban J connectivity index is 2.18. The zero-order valence-corrected chi connectivity index (χ0v) is 6.11. The molecule has 2 atom stereocenters. The van der Waals surface area contributed by atoms with Gasteiger partial charge in [-0.2, -0.15) is 0 Å². The summed E-state index contributed by atoms with van der Waals surface area (Å²) in [5.74, 6) is -3.23. The summed E-state index contributed by atoms with van der Waals surface area (Å²) in [4.78, 5) is 21.4. The Hall–Kier alpha value is -1.14. The second-order valence-electron chi connectivity index (χ2n) is 2.61. The summed E-state index contributed by atoms with van der Waals surface area (Å²) in [6.07, 6.45) is -0.535. The standard InChI is InChI=1S/C6H7NO5/c7-2-6-3(1-10-6)11-4(8)5(9)12-6/h3H,1-2,7H2. The van der Waals surface area contributed by atoms with Crippen molar-refractivity contribution >= 4 is 11.9 Å². The van der Waals surface area contributed by atoms with Gasteiger partial charge in [-0.15, -0.1) is 0 Å². The highest BCUT2D eigenvalue weighted by Gasteiger charge is 2.58. The van der Waals surface area contributed by atoms with Gasteiger partial charge in [0.25, 0.3) is 5.79 Å². The Morgan fingerprint density at radius 3 is 2.75 bits per heavy atom. The van der Waals surface area contributed by atoms with Crippen molar-refractivity contribution in [3.05, 3.63) is 0 Å². The van der Waals surface area contributed by atoms with Gasteiger partial charge >= 0.3 is 11.9 Å². The smallest absolute Gasteiger partial charge is 0.420 e. The van der Waals surface area contributed by atoms with Crippen LogP contribution in [0.5, 0.6) is 0 Å². The molecule has 2 heterocycles. The number of ether oxygens (including phenoxy) is 3. The number of rotatable bonds is 1. The van der Waals surface area contributed by atoms with Gasteiger partial charge in [0.1, 0.15) is 0 Å². The molecule has 2 saturated heterocycles. The molecule has 0 spiro atoms. The lowest BCUT2D eigenvalue weighted by atomic mass is 10.0. The first-order valence-corrected chi connectivity index (χ1v) is 3.46. The van der Waals surface area contributed by atoms with Crippen molar-refractivity contribution in [3.8, 4) is 0 Å². The first-order valence-electron chi connectivity index (χ1n) is 3.46. The Labute approximate surface area is 67.6 Å². The fraction of sp³-hybridized carbons (Fsp3) is 0.667. The van der Waals surface area contributed by atoms with Crippen molar-refractivity contribution in [2.45, 2.75) is 11.9 Å². The number of nitrogens with two attached hydrogens (primary N) is 1. The normalized spacial score (nSPS) is 39.2. The summed E-state index contributed by atoms with van der Waals surface area (Å²) in [5, 5.41) is 0. The molecule has 12 heavy (non-hydrogen) atoms. The second kappa shape index (κ2) is 2.18. The summed E-state index contributed by atoms with van der Waals surface area (Å²) in [7, 11) is 0. The van der Waals surface area contributed by atoms with E-state index in [1.807, 2.05) is 0 Å². The van der Waals surface area contributed by atoms with Gasteiger partial charge in [0.2, 0.25) is 0 Å². The molecule has 0 saturated carbocycles. The van der Waals surface area contributed by atoms with Crippen LogP contribution in [-0.4, -0.2) is 37.0 Å². The van der Waals surface area contributed by atoms with E-state index < -0.39 is 23.8 Å². The monoisotopic (exact) mass is 173 g/mol. The third-order valence-electron chi connectivity index (χ3n) is 1.94. The third-order valence-corrected chi connectivity index (χ3v) is 1.94. The second-order valence-corrected chi connectivity index (χ2v) is 2.61. The molecule has 2 aliphatic heterocycles. The molecule has 6 nitrogen and oxygen atoms in total. The van der Waals surface area contributed by atoms with E-state index in [1.165, 1.54) is 0 Å². The Kier molecular flexibility index (Phi) is 1.36. The molecule has 0 aromatic heterocycles. The van der Waals surface area contributed by atoms with Crippen molar-refractivity contribution in [3.63, 3.8) is 0 Å². The molecular weight excluding hydrogens is 166 g/mol. The van der Waals surface area contributed by atoms with Crippen LogP contribution in [0, 0.1) is 0 Å². The lowest BCUT2D eigenvalue weighted by molar-refractivity contribution is -0.358. The van der Waals surface area contributed by atoms with Gasteiger partial charge in [-0.1, -0.05) is 0 Å². The van der Waals surface area contributed by atoms with Crippen LogP contribution in [0.1, 0.15) is 0 Å². The minimum Gasteiger partial charge on any atom is -0.444 e.